The third-order valence-electron chi connectivity index (χ3n) is 4.07. The average molecular weight is 419 g/mol. The van der Waals surface area contributed by atoms with Crippen LogP contribution >= 0.6 is 28.7 Å². The lowest BCUT2D eigenvalue weighted by atomic mass is 10.1. The van der Waals surface area contributed by atoms with Crippen LogP contribution in [0, 0.1) is 0 Å². The van der Waals surface area contributed by atoms with Gasteiger partial charge in [-0.2, -0.15) is 0 Å². The van der Waals surface area contributed by atoms with Crippen LogP contribution in [0.3, 0.4) is 0 Å². The summed E-state index contributed by atoms with van der Waals surface area (Å²) in [5.41, 5.74) is 3.07. The van der Waals surface area contributed by atoms with Crippen molar-refractivity contribution in [2.75, 3.05) is 23.7 Å². The van der Waals surface area contributed by atoms with Crippen LogP contribution in [0.4, 0.5) is 5.69 Å². The first-order valence-corrected chi connectivity index (χ1v) is 9.38. The first-order valence-electron chi connectivity index (χ1n) is 8.40. The van der Waals surface area contributed by atoms with E-state index in [-0.39, 0.29) is 22.8 Å². The minimum Gasteiger partial charge on any atom is -0.313 e. The molecule has 132 valence electrons. The molecule has 5 heteroatoms. The van der Waals surface area contributed by atoms with E-state index in [1.807, 2.05) is 30.3 Å². The maximum absolute atomic E-state index is 12.7. The lowest BCUT2D eigenvalue weighted by Crippen LogP contribution is -2.35. The van der Waals surface area contributed by atoms with Crippen LogP contribution in [0.15, 0.2) is 59.6 Å². The van der Waals surface area contributed by atoms with E-state index in [0.29, 0.717) is 6.54 Å². The van der Waals surface area contributed by atoms with Crippen LogP contribution in [0.2, 0.25) is 0 Å². The van der Waals surface area contributed by atoms with Crippen LogP contribution in [0.5, 0.6) is 0 Å². The van der Waals surface area contributed by atoms with E-state index in [0.717, 1.165) is 41.6 Å². The number of aliphatic imine (C=N–C) groups is 1. The minimum absolute atomic E-state index is 0. The monoisotopic (exact) mass is 418 g/mol. The molecule has 0 unspecified atom stereocenters. The summed E-state index contributed by atoms with van der Waals surface area (Å²) in [4.78, 5) is 19.4. The van der Waals surface area contributed by atoms with Crippen molar-refractivity contribution >= 4 is 45.4 Å². The number of nitrogens with zero attached hydrogens (tertiary/aromatic N) is 2. The van der Waals surface area contributed by atoms with Gasteiger partial charge in [0.15, 0.2) is 11.0 Å². The molecule has 0 N–H and O–H groups in total. The predicted octanol–water partition coefficient (Wildman–Crippen LogP) is 5.01. The number of hydrogen-bond acceptors (Lipinski definition) is 4. The van der Waals surface area contributed by atoms with E-state index in [2.05, 4.69) is 41.1 Å². The number of amidine groups is 1. The van der Waals surface area contributed by atoms with Gasteiger partial charge in [-0.3, -0.25) is 9.79 Å². The Hall–Kier alpha value is -1.59. The second-order valence-electron chi connectivity index (χ2n) is 5.76. The molecular formula is C20H23BrN2OS. The second kappa shape index (κ2) is 9.78. The van der Waals surface area contributed by atoms with Gasteiger partial charge in [-0.05, 0) is 30.5 Å². The number of carbonyl (C=O) groups excluding carboxylic acids is 1. The molecule has 0 aromatic heterocycles. The Bertz CT molecular complexity index is 716. The number of anilines is 1. The number of rotatable bonds is 5. The topological polar surface area (TPSA) is 32.7 Å². The Morgan fingerprint density at radius 1 is 1.12 bits per heavy atom. The fraction of sp³-hybridized carbons (Fsp3) is 0.300. The van der Waals surface area contributed by atoms with Gasteiger partial charge in [0.05, 0.1) is 6.54 Å². The molecule has 3 rings (SSSR count). The highest BCUT2D eigenvalue weighted by Gasteiger charge is 2.20. The molecular weight excluding hydrogens is 396 g/mol. The fourth-order valence-corrected chi connectivity index (χ4v) is 3.62. The van der Waals surface area contributed by atoms with Crippen LogP contribution in [-0.4, -0.2) is 29.8 Å². The first-order chi connectivity index (χ1) is 11.8. The summed E-state index contributed by atoms with van der Waals surface area (Å²) >= 11 is 1.74. The summed E-state index contributed by atoms with van der Waals surface area (Å²) in [6, 6.07) is 17.9. The van der Waals surface area contributed by atoms with E-state index >= 15 is 0 Å². The third-order valence-corrected chi connectivity index (χ3v) is 5.17. The fourth-order valence-electron chi connectivity index (χ4n) is 2.65. The summed E-state index contributed by atoms with van der Waals surface area (Å²) in [6.07, 6.45) is 2.11. The Morgan fingerprint density at radius 2 is 1.84 bits per heavy atom. The zero-order valence-corrected chi connectivity index (χ0v) is 16.9. The predicted molar refractivity (Wildman–Crippen MR) is 114 cm³/mol. The van der Waals surface area contributed by atoms with E-state index < -0.39 is 0 Å². The highest BCUT2D eigenvalue weighted by molar-refractivity contribution is 8.93. The van der Waals surface area contributed by atoms with Crippen LogP contribution in [0.25, 0.3) is 0 Å². The van der Waals surface area contributed by atoms with Crippen molar-refractivity contribution in [2.24, 2.45) is 4.99 Å². The van der Waals surface area contributed by atoms with E-state index in [9.17, 15) is 4.79 Å². The lowest BCUT2D eigenvalue weighted by molar-refractivity contribution is 0.100. The normalized spacial score (nSPS) is 13.6. The number of hydrogen-bond donors (Lipinski definition) is 0. The minimum atomic E-state index is 0. The molecule has 0 atom stereocenters. The number of carbonyl (C=O) groups is 1. The van der Waals surface area contributed by atoms with Gasteiger partial charge in [0, 0.05) is 23.5 Å². The number of aryl methyl sites for hydroxylation is 1. The van der Waals surface area contributed by atoms with Crippen molar-refractivity contribution in [3.63, 3.8) is 0 Å². The molecule has 0 saturated carbocycles. The lowest BCUT2D eigenvalue weighted by Gasteiger charge is -2.27. The van der Waals surface area contributed by atoms with Crippen molar-refractivity contribution < 1.29 is 4.79 Å². The van der Waals surface area contributed by atoms with Gasteiger partial charge in [-0.1, -0.05) is 61.2 Å². The largest absolute Gasteiger partial charge is 0.313 e. The first kappa shape index (κ1) is 19.7. The summed E-state index contributed by atoms with van der Waals surface area (Å²) < 4.78 is 0. The summed E-state index contributed by atoms with van der Waals surface area (Å²) in [5, 5.41) is 0.953. The number of benzene rings is 2. The molecule has 1 heterocycles. The number of halogens is 1. The van der Waals surface area contributed by atoms with Crippen LogP contribution in [0.1, 0.15) is 29.3 Å². The molecule has 0 aliphatic carbocycles. The van der Waals surface area contributed by atoms with E-state index in [4.69, 9.17) is 0 Å². The zero-order chi connectivity index (χ0) is 16.8. The molecule has 25 heavy (non-hydrogen) atoms. The van der Waals surface area contributed by atoms with E-state index in [1.54, 1.807) is 11.8 Å². The standard InChI is InChI=1S/C20H22N2OS.BrH/c1-2-16-9-11-18(12-10-16)22(20-21-13-6-14-24-20)15-19(23)17-7-4-3-5-8-17;/h3-5,7-12H,2,6,13-15H2,1H3;1H. The Kier molecular flexibility index (Phi) is 7.72. The molecule has 2 aromatic rings. The molecule has 0 amide bonds. The summed E-state index contributed by atoms with van der Waals surface area (Å²) in [7, 11) is 0. The average Bonchev–Trinajstić information content (AvgIpc) is 2.67. The molecule has 0 spiro atoms. The van der Waals surface area contributed by atoms with Gasteiger partial charge >= 0.3 is 0 Å². The van der Waals surface area contributed by atoms with E-state index in [1.165, 1.54) is 5.56 Å². The molecule has 0 bridgehead atoms. The Labute approximate surface area is 164 Å². The number of ketones is 1. The molecule has 3 nitrogen and oxygen atoms in total. The van der Waals surface area contributed by atoms with Crippen LogP contribution in [-0.2, 0) is 6.42 Å². The quantitative estimate of drug-likeness (QED) is 0.639. The molecule has 0 saturated heterocycles. The van der Waals surface area contributed by atoms with Gasteiger partial charge < -0.3 is 4.90 Å². The summed E-state index contributed by atoms with van der Waals surface area (Å²) in [5.74, 6) is 1.17. The van der Waals surface area contributed by atoms with Crippen molar-refractivity contribution in [3.8, 4) is 0 Å². The van der Waals surface area contributed by atoms with Crippen molar-refractivity contribution in [1.82, 2.24) is 0 Å². The van der Waals surface area contributed by atoms with Crippen molar-refractivity contribution in [2.45, 2.75) is 19.8 Å². The molecule has 1 aliphatic rings. The number of Topliss-reactive ketones (excluding diaryl/α,β-unsaturated/α-hetero) is 1. The van der Waals surface area contributed by atoms with Crippen LogP contribution < -0.4 is 4.90 Å². The second-order valence-corrected chi connectivity index (χ2v) is 6.82. The van der Waals surface area contributed by atoms with Gasteiger partial charge in [-0.15, -0.1) is 17.0 Å². The molecule has 1 aliphatic heterocycles. The van der Waals surface area contributed by atoms with Gasteiger partial charge in [0.1, 0.15) is 0 Å². The maximum atomic E-state index is 12.7. The maximum Gasteiger partial charge on any atom is 0.182 e. The highest BCUT2D eigenvalue weighted by Crippen LogP contribution is 2.24. The van der Waals surface area contributed by atoms with Crippen molar-refractivity contribution in [3.05, 3.63) is 65.7 Å². The molecule has 0 fully saturated rings. The van der Waals surface area contributed by atoms with Gasteiger partial charge in [-0.25, -0.2) is 0 Å². The zero-order valence-electron chi connectivity index (χ0n) is 14.4. The Balaban J connectivity index is 0.00000225. The molecule has 0 radical (unpaired) electrons. The highest BCUT2D eigenvalue weighted by atomic mass is 79.9. The summed E-state index contributed by atoms with van der Waals surface area (Å²) in [6.45, 7) is 3.31. The van der Waals surface area contributed by atoms with Crippen molar-refractivity contribution in [1.29, 1.82) is 0 Å². The SMILES string of the molecule is Br.CCc1ccc(N(CC(=O)c2ccccc2)C2=NCCCS2)cc1. The third kappa shape index (κ3) is 5.19. The smallest absolute Gasteiger partial charge is 0.182 e. The molecule has 2 aromatic carbocycles. The van der Waals surface area contributed by atoms with Gasteiger partial charge in [0.25, 0.3) is 0 Å². The number of thioether (sulfide) groups is 1. The van der Waals surface area contributed by atoms with Gasteiger partial charge in [0.2, 0.25) is 0 Å². The Morgan fingerprint density at radius 3 is 2.44 bits per heavy atom.